The van der Waals surface area contributed by atoms with Crippen molar-refractivity contribution in [3.8, 4) is 0 Å². The highest BCUT2D eigenvalue weighted by atomic mass is 32.2. The summed E-state index contributed by atoms with van der Waals surface area (Å²) in [6, 6.07) is 4.20. The Bertz CT molecular complexity index is 946. The van der Waals surface area contributed by atoms with E-state index in [9.17, 15) is 18.0 Å². The van der Waals surface area contributed by atoms with Gasteiger partial charge in [-0.1, -0.05) is 11.2 Å². The normalized spacial score (nSPS) is 16.5. The van der Waals surface area contributed by atoms with Crippen molar-refractivity contribution < 1.29 is 27.8 Å². The Morgan fingerprint density at radius 1 is 1.37 bits per heavy atom. The largest absolute Gasteiger partial charge is 0.409 e. The van der Waals surface area contributed by atoms with E-state index in [1.165, 1.54) is 12.1 Å². The zero-order valence-electron chi connectivity index (χ0n) is 14.1. The van der Waals surface area contributed by atoms with Crippen LogP contribution in [0.3, 0.4) is 0 Å². The number of hydrogen-bond acceptors (Lipinski definition) is 9. The highest BCUT2D eigenvalue weighted by Gasteiger charge is 2.29. The van der Waals surface area contributed by atoms with E-state index in [0.717, 1.165) is 11.1 Å². The van der Waals surface area contributed by atoms with Gasteiger partial charge in [-0.3, -0.25) is 0 Å². The van der Waals surface area contributed by atoms with Gasteiger partial charge in [0.05, 0.1) is 24.2 Å². The number of sulfone groups is 1. The lowest BCUT2D eigenvalue weighted by molar-refractivity contribution is 0.303. The number of anilines is 1. The maximum atomic E-state index is 13.4. The fourth-order valence-corrected chi connectivity index (χ4v) is 3.63. The van der Waals surface area contributed by atoms with Crippen LogP contribution in [0, 0.1) is 5.82 Å². The summed E-state index contributed by atoms with van der Waals surface area (Å²) in [4.78, 5) is 0. The van der Waals surface area contributed by atoms with Gasteiger partial charge in [0.25, 0.3) is 0 Å². The van der Waals surface area contributed by atoms with Crippen molar-refractivity contribution in [2.75, 3.05) is 30.0 Å². The number of nitrogens with zero attached hydrogens (tertiary/aromatic N) is 3. The van der Waals surface area contributed by atoms with Gasteiger partial charge >= 0.3 is 0 Å². The van der Waals surface area contributed by atoms with Crippen LogP contribution < -0.4 is 10.6 Å². The molecule has 0 fully saturated rings. The second kappa shape index (κ2) is 7.88. The smallest absolute Gasteiger partial charge is 0.202 e. The molecule has 0 spiro atoms. The highest BCUT2D eigenvalue weighted by Crippen LogP contribution is 2.33. The average molecular weight is 399 g/mol. The molecule has 1 aromatic heterocycles. The molecule has 0 bridgehead atoms. The van der Waals surface area contributed by atoms with Crippen molar-refractivity contribution in [2.24, 2.45) is 5.16 Å². The van der Waals surface area contributed by atoms with E-state index in [1.54, 1.807) is 6.07 Å². The van der Waals surface area contributed by atoms with Crippen LogP contribution in [0.2, 0.25) is 0 Å². The van der Waals surface area contributed by atoms with Crippen molar-refractivity contribution in [2.45, 2.75) is 12.5 Å². The summed E-state index contributed by atoms with van der Waals surface area (Å²) in [5, 5.41) is 34.1. The number of nitrogens with one attached hydrogen (secondary N) is 2. The minimum Gasteiger partial charge on any atom is -0.409 e. The second-order valence-electron chi connectivity index (χ2n) is 5.96. The molecule has 0 saturated carbocycles. The Morgan fingerprint density at radius 3 is 2.93 bits per heavy atom. The maximum absolute atomic E-state index is 13.4. The molecular weight excluding hydrogens is 381 g/mol. The molecule has 1 aliphatic carbocycles. The highest BCUT2D eigenvalue weighted by molar-refractivity contribution is 7.91. The van der Waals surface area contributed by atoms with E-state index in [0.29, 0.717) is 6.42 Å². The SMILES string of the molecule is O=S(=O)(CCO)CCNc1nonc1C(=NO)NC1Cc2ccc(F)cc21. The number of rotatable bonds is 8. The summed E-state index contributed by atoms with van der Waals surface area (Å²) in [6.07, 6.45) is 0.613. The summed E-state index contributed by atoms with van der Waals surface area (Å²) in [7, 11) is -3.40. The van der Waals surface area contributed by atoms with Gasteiger partial charge in [-0.05, 0) is 40.0 Å². The second-order valence-corrected chi connectivity index (χ2v) is 8.26. The summed E-state index contributed by atoms with van der Waals surface area (Å²) >= 11 is 0. The molecule has 0 saturated heterocycles. The molecule has 4 N–H and O–H groups in total. The minimum atomic E-state index is -3.40. The predicted octanol–water partition coefficient (Wildman–Crippen LogP) is 0.0505. The van der Waals surface area contributed by atoms with Crippen molar-refractivity contribution in [1.29, 1.82) is 0 Å². The number of hydrogen-bond donors (Lipinski definition) is 4. The quantitative estimate of drug-likeness (QED) is 0.209. The molecular formula is C15H18FN5O5S. The van der Waals surface area contributed by atoms with Gasteiger partial charge in [-0.15, -0.1) is 0 Å². The van der Waals surface area contributed by atoms with Crippen molar-refractivity contribution >= 4 is 21.5 Å². The Morgan fingerprint density at radius 2 is 2.19 bits per heavy atom. The summed E-state index contributed by atoms with van der Waals surface area (Å²) in [5.74, 6) is -0.877. The lowest BCUT2D eigenvalue weighted by Crippen LogP contribution is -2.37. The van der Waals surface area contributed by atoms with Gasteiger partial charge in [0.1, 0.15) is 5.82 Å². The maximum Gasteiger partial charge on any atom is 0.202 e. The fourth-order valence-electron chi connectivity index (χ4n) is 2.74. The number of fused-ring (bicyclic) bond motifs is 1. The zero-order valence-corrected chi connectivity index (χ0v) is 14.9. The Labute approximate surface area is 154 Å². The third-order valence-electron chi connectivity index (χ3n) is 4.14. The molecule has 0 aliphatic heterocycles. The molecule has 1 atom stereocenters. The molecule has 0 amide bonds. The molecule has 3 rings (SSSR count). The van der Waals surface area contributed by atoms with E-state index < -0.39 is 16.4 Å². The fraction of sp³-hybridized carbons (Fsp3) is 0.400. The molecule has 27 heavy (non-hydrogen) atoms. The van der Waals surface area contributed by atoms with E-state index in [1.807, 2.05) is 0 Å². The van der Waals surface area contributed by atoms with E-state index in [2.05, 4.69) is 30.7 Å². The van der Waals surface area contributed by atoms with Crippen molar-refractivity contribution in [3.05, 3.63) is 40.8 Å². The van der Waals surface area contributed by atoms with Crippen LogP contribution >= 0.6 is 0 Å². The molecule has 1 heterocycles. The standard InChI is InChI=1S/C15H18FN5O5S/c16-10-2-1-9-7-12(11(9)8-10)18-15(19-23)13-14(21-26-20-13)17-3-5-27(24,25)6-4-22/h1-2,8,12,22-23H,3-7H2,(H,17,21)(H,18,19). The van der Waals surface area contributed by atoms with Gasteiger partial charge in [0.2, 0.25) is 5.82 Å². The van der Waals surface area contributed by atoms with Crippen molar-refractivity contribution in [1.82, 2.24) is 15.6 Å². The zero-order chi connectivity index (χ0) is 19.4. The van der Waals surface area contributed by atoms with E-state index in [-0.39, 0.29) is 47.3 Å². The minimum absolute atomic E-state index is 0.000269. The van der Waals surface area contributed by atoms with Crippen LogP contribution in [-0.4, -0.2) is 59.5 Å². The molecule has 1 unspecified atom stereocenters. The predicted molar refractivity (Wildman–Crippen MR) is 92.8 cm³/mol. The Hall–Kier alpha value is -2.73. The number of halogens is 1. The number of benzene rings is 1. The first kappa shape index (κ1) is 19.0. The number of amidine groups is 1. The number of aromatic nitrogens is 2. The summed E-state index contributed by atoms with van der Waals surface area (Å²) in [5.41, 5.74) is 1.79. The third-order valence-corrected chi connectivity index (χ3v) is 5.77. The van der Waals surface area contributed by atoms with Crippen LogP contribution in [0.1, 0.15) is 22.9 Å². The first-order valence-corrected chi connectivity index (χ1v) is 9.90. The van der Waals surface area contributed by atoms with E-state index in [4.69, 9.17) is 5.11 Å². The van der Waals surface area contributed by atoms with Crippen LogP contribution in [-0.2, 0) is 16.3 Å². The lowest BCUT2D eigenvalue weighted by atomic mass is 9.83. The number of aliphatic hydroxyl groups is 1. The van der Waals surface area contributed by atoms with Crippen LogP contribution in [0.4, 0.5) is 10.2 Å². The number of oxime groups is 1. The van der Waals surface area contributed by atoms with E-state index >= 15 is 0 Å². The van der Waals surface area contributed by atoms with Gasteiger partial charge < -0.3 is 20.9 Å². The summed E-state index contributed by atoms with van der Waals surface area (Å²) in [6.45, 7) is -0.451. The Balaban J connectivity index is 1.65. The van der Waals surface area contributed by atoms with Gasteiger partial charge in [0, 0.05) is 6.54 Å². The topological polar surface area (TPSA) is 150 Å². The molecule has 12 heteroatoms. The van der Waals surface area contributed by atoms with Gasteiger partial charge in [0.15, 0.2) is 21.4 Å². The molecule has 1 aliphatic rings. The third kappa shape index (κ3) is 4.34. The first-order chi connectivity index (χ1) is 12.9. The van der Waals surface area contributed by atoms with Crippen LogP contribution in [0.5, 0.6) is 0 Å². The first-order valence-electron chi connectivity index (χ1n) is 8.08. The average Bonchev–Trinajstić information content (AvgIpc) is 3.06. The summed E-state index contributed by atoms with van der Waals surface area (Å²) < 4.78 is 41.2. The molecule has 1 aromatic carbocycles. The van der Waals surface area contributed by atoms with Crippen molar-refractivity contribution in [3.63, 3.8) is 0 Å². The monoisotopic (exact) mass is 399 g/mol. The number of aliphatic hydroxyl groups excluding tert-OH is 1. The molecule has 0 radical (unpaired) electrons. The van der Waals surface area contributed by atoms with Gasteiger partial charge in [-0.2, -0.15) is 0 Å². The van der Waals surface area contributed by atoms with Crippen LogP contribution in [0.15, 0.2) is 28.0 Å². The lowest BCUT2D eigenvalue weighted by Gasteiger charge is -2.31. The van der Waals surface area contributed by atoms with Gasteiger partial charge in [-0.25, -0.2) is 17.4 Å². The molecule has 146 valence electrons. The van der Waals surface area contributed by atoms with Crippen LogP contribution in [0.25, 0.3) is 0 Å². The molecule has 10 nitrogen and oxygen atoms in total. The molecule has 2 aromatic rings. The Kier molecular flexibility index (Phi) is 5.56.